The minimum absolute atomic E-state index is 0.0645. The molecule has 0 radical (unpaired) electrons. The van der Waals surface area contributed by atoms with E-state index in [0.717, 1.165) is 0 Å². The van der Waals surface area contributed by atoms with Crippen LogP contribution in [0.1, 0.15) is 52.7 Å². The first kappa shape index (κ1) is 20.8. The van der Waals surface area contributed by atoms with Crippen LogP contribution in [-0.4, -0.2) is 13.8 Å². The Bertz CT molecular complexity index is 1080. The van der Waals surface area contributed by atoms with Gasteiger partial charge in [-0.25, -0.2) is 0 Å². The van der Waals surface area contributed by atoms with Crippen LogP contribution < -0.4 is 0 Å². The van der Waals surface area contributed by atoms with Gasteiger partial charge in [0.1, 0.15) is 0 Å². The molecule has 0 unspecified atom stereocenters. The van der Waals surface area contributed by atoms with Crippen molar-refractivity contribution in [3.8, 4) is 22.0 Å². The Morgan fingerprint density at radius 1 is 0.500 bits per heavy atom. The summed E-state index contributed by atoms with van der Waals surface area (Å²) in [5.74, 6) is 4.28. The standard InChI is InChI=1S/C28H30B2/c1-27(2,3)21-15-13-20-19(25(21)23-11-7-9-17-29-23)14-16-22(28(4,5)6)26(20)24-12-8-10-18-30-24/h7-18H,1-6H3. The molecule has 0 aliphatic rings. The normalized spacial score (nSPS) is 12.1. The van der Waals surface area contributed by atoms with Gasteiger partial charge >= 0.3 is 183 Å². The van der Waals surface area contributed by atoms with Crippen molar-refractivity contribution >= 4 is 24.6 Å². The summed E-state index contributed by atoms with van der Waals surface area (Å²) in [6.07, 6.45) is 0. The third-order valence-electron chi connectivity index (χ3n) is 5.94. The van der Waals surface area contributed by atoms with Gasteiger partial charge in [-0.1, -0.05) is 0 Å². The van der Waals surface area contributed by atoms with Crippen LogP contribution >= 0.6 is 0 Å². The molecule has 0 aliphatic heterocycles. The molecule has 0 spiro atoms. The van der Waals surface area contributed by atoms with E-state index < -0.39 is 0 Å². The Morgan fingerprint density at radius 2 is 0.900 bits per heavy atom. The number of hydrogen-bond donors (Lipinski definition) is 0. The number of fused-ring (bicyclic) bond motifs is 1. The van der Waals surface area contributed by atoms with E-state index in [4.69, 9.17) is 0 Å². The molecule has 0 amide bonds. The summed E-state index contributed by atoms with van der Waals surface area (Å²) in [7, 11) is 0. The van der Waals surface area contributed by atoms with Crippen molar-refractivity contribution in [3.63, 3.8) is 0 Å². The topological polar surface area (TPSA) is 0 Å². The predicted octanol–water partition coefficient (Wildman–Crippen LogP) is 7.45. The van der Waals surface area contributed by atoms with Crippen molar-refractivity contribution in [2.24, 2.45) is 0 Å². The van der Waals surface area contributed by atoms with Gasteiger partial charge in [0.05, 0.1) is 0 Å². The van der Waals surface area contributed by atoms with Gasteiger partial charge in [0.2, 0.25) is 0 Å². The molecule has 0 bridgehead atoms. The quantitative estimate of drug-likeness (QED) is 0.335. The van der Waals surface area contributed by atoms with E-state index in [-0.39, 0.29) is 10.8 Å². The Morgan fingerprint density at radius 3 is 1.20 bits per heavy atom. The average molecular weight is 388 g/mol. The second-order valence-corrected chi connectivity index (χ2v) is 10.3. The van der Waals surface area contributed by atoms with E-state index in [9.17, 15) is 0 Å². The maximum absolute atomic E-state index is 2.35. The molecule has 4 aromatic rings. The zero-order valence-electron chi connectivity index (χ0n) is 19.1. The predicted molar refractivity (Wildman–Crippen MR) is 135 cm³/mol. The van der Waals surface area contributed by atoms with Crippen molar-refractivity contribution in [1.82, 2.24) is 0 Å². The van der Waals surface area contributed by atoms with Crippen LogP contribution in [0.5, 0.6) is 0 Å². The SMILES string of the molecule is CC(C)(C)c1ccc2c(-c3bcccc3)c(C(C)(C)C)ccc2c1-c1bcccc1. The molecule has 148 valence electrons. The Hall–Kier alpha value is -2.47. The van der Waals surface area contributed by atoms with E-state index in [1.807, 2.05) is 0 Å². The summed E-state index contributed by atoms with van der Waals surface area (Å²) in [5, 5.41) is 2.67. The Labute approximate surface area is 182 Å². The molecule has 2 heterocycles. The molecule has 0 atom stereocenters. The molecular formula is C28H30B2. The molecule has 0 N–H and O–H groups in total. The van der Waals surface area contributed by atoms with Gasteiger partial charge < -0.3 is 0 Å². The fraction of sp³-hybridized carbons (Fsp3) is 0.286. The van der Waals surface area contributed by atoms with E-state index in [1.54, 1.807) is 0 Å². The van der Waals surface area contributed by atoms with Crippen LogP contribution in [0.2, 0.25) is 0 Å². The molecule has 2 aromatic carbocycles. The van der Waals surface area contributed by atoms with Crippen molar-refractivity contribution < 1.29 is 0 Å². The van der Waals surface area contributed by atoms with Crippen LogP contribution in [0.25, 0.3) is 32.8 Å². The molecule has 0 nitrogen and oxygen atoms in total. The fourth-order valence-corrected chi connectivity index (χ4v) is 4.49. The zero-order valence-corrected chi connectivity index (χ0v) is 19.1. The van der Waals surface area contributed by atoms with Gasteiger partial charge in [-0.2, -0.15) is 0 Å². The van der Waals surface area contributed by atoms with Gasteiger partial charge in [0.15, 0.2) is 0 Å². The summed E-state index contributed by atoms with van der Waals surface area (Å²) in [4.78, 5) is 0. The summed E-state index contributed by atoms with van der Waals surface area (Å²) in [6.45, 7) is 18.3. The van der Waals surface area contributed by atoms with Crippen molar-refractivity contribution in [3.05, 3.63) is 83.7 Å². The summed E-state index contributed by atoms with van der Waals surface area (Å²) in [6, 6.07) is 22.3. The number of rotatable bonds is 2. The average Bonchev–Trinajstić information content (AvgIpc) is 2.72. The molecule has 30 heavy (non-hydrogen) atoms. The van der Waals surface area contributed by atoms with Crippen LogP contribution in [0.15, 0.2) is 72.6 Å². The first-order valence-corrected chi connectivity index (χ1v) is 10.9. The third kappa shape index (κ3) is 3.81. The van der Waals surface area contributed by atoms with Gasteiger partial charge in [0, 0.05) is 0 Å². The van der Waals surface area contributed by atoms with Gasteiger partial charge in [-0.05, 0) is 0 Å². The molecule has 4 rings (SSSR count). The molecule has 0 aliphatic carbocycles. The van der Waals surface area contributed by atoms with Crippen LogP contribution in [0, 0.1) is 0 Å². The maximum atomic E-state index is 2.35. The monoisotopic (exact) mass is 388 g/mol. The Kier molecular flexibility index (Phi) is 5.30. The van der Waals surface area contributed by atoms with Crippen LogP contribution in [0.3, 0.4) is 0 Å². The van der Waals surface area contributed by atoms with E-state index in [1.165, 1.54) is 43.9 Å². The Balaban J connectivity index is 2.17. The zero-order chi connectivity index (χ0) is 21.5. The second kappa shape index (κ2) is 7.65. The van der Waals surface area contributed by atoms with E-state index in [0.29, 0.717) is 0 Å². The molecule has 0 saturated carbocycles. The first-order valence-electron chi connectivity index (χ1n) is 10.9. The third-order valence-corrected chi connectivity index (χ3v) is 5.94. The first-order chi connectivity index (χ1) is 14.2. The molecule has 0 saturated heterocycles. The van der Waals surface area contributed by atoms with Gasteiger partial charge in [-0.3, -0.25) is 0 Å². The molecule has 0 fully saturated rings. The van der Waals surface area contributed by atoms with Crippen molar-refractivity contribution in [2.75, 3.05) is 0 Å². The summed E-state index contributed by atoms with van der Waals surface area (Å²) >= 11 is 0. The second-order valence-electron chi connectivity index (χ2n) is 10.3. The summed E-state index contributed by atoms with van der Waals surface area (Å²) < 4.78 is 0. The molecule has 2 aromatic heterocycles. The minimum atomic E-state index is 0.0645. The molecule has 2 heteroatoms. The van der Waals surface area contributed by atoms with E-state index >= 15 is 0 Å². The van der Waals surface area contributed by atoms with Gasteiger partial charge in [0.25, 0.3) is 0 Å². The van der Waals surface area contributed by atoms with Crippen molar-refractivity contribution in [1.29, 1.82) is 0 Å². The summed E-state index contributed by atoms with van der Waals surface area (Å²) in [5.41, 5.74) is 8.21. The van der Waals surface area contributed by atoms with Crippen LogP contribution in [-0.2, 0) is 10.8 Å². The van der Waals surface area contributed by atoms with Gasteiger partial charge in [-0.15, -0.1) is 0 Å². The number of hydrogen-bond acceptors (Lipinski definition) is 0. The number of benzene rings is 2. The fourth-order valence-electron chi connectivity index (χ4n) is 4.49. The van der Waals surface area contributed by atoms with Crippen molar-refractivity contribution in [2.45, 2.75) is 52.4 Å². The molecular weight excluding hydrogens is 358 g/mol. The van der Waals surface area contributed by atoms with Crippen LogP contribution in [0.4, 0.5) is 0 Å². The van der Waals surface area contributed by atoms with E-state index in [2.05, 4.69) is 128 Å².